The van der Waals surface area contributed by atoms with Crippen molar-refractivity contribution in [2.45, 2.75) is 32.0 Å². The molecule has 0 fully saturated rings. The highest BCUT2D eigenvalue weighted by atomic mass is 19.4. The van der Waals surface area contributed by atoms with E-state index in [0.29, 0.717) is 23.9 Å². The number of alkyl halides is 3. The first kappa shape index (κ1) is 12.1. The minimum absolute atomic E-state index is 0.104. The Morgan fingerprint density at radius 2 is 2.11 bits per heavy atom. The van der Waals surface area contributed by atoms with Gasteiger partial charge in [0.2, 0.25) is 0 Å². The highest BCUT2D eigenvalue weighted by Crippen LogP contribution is 2.42. The first-order valence-electron chi connectivity index (χ1n) is 6.11. The van der Waals surface area contributed by atoms with Crippen LogP contribution in [0.3, 0.4) is 0 Å². The lowest BCUT2D eigenvalue weighted by atomic mass is 10.0. The summed E-state index contributed by atoms with van der Waals surface area (Å²) in [6, 6.07) is 7.32. The number of nitrogens with zero attached hydrogens (tertiary/aromatic N) is 2. The minimum atomic E-state index is -4.37. The third-order valence-corrected chi connectivity index (χ3v) is 3.63. The third-order valence-electron chi connectivity index (χ3n) is 3.63. The van der Waals surface area contributed by atoms with Gasteiger partial charge < -0.3 is 4.57 Å². The van der Waals surface area contributed by atoms with Gasteiger partial charge in [0.05, 0.1) is 11.6 Å². The van der Waals surface area contributed by atoms with E-state index >= 15 is 0 Å². The van der Waals surface area contributed by atoms with E-state index in [1.54, 1.807) is 12.1 Å². The van der Waals surface area contributed by atoms with Gasteiger partial charge in [-0.15, -0.1) is 0 Å². The van der Waals surface area contributed by atoms with E-state index in [-0.39, 0.29) is 18.4 Å². The molecule has 1 aromatic heterocycles. The molecule has 0 unspecified atom stereocenters. The number of nitriles is 1. The Labute approximate surface area is 108 Å². The van der Waals surface area contributed by atoms with Crippen molar-refractivity contribution in [3.05, 3.63) is 35.0 Å². The standard InChI is InChI=1S/C14H11F3N2/c15-14(16,17)13-11(5-2-7-18)10-4-1-3-9-6-8-19(13)12(9)10/h1,3-4H,2,5-6,8H2. The maximum absolute atomic E-state index is 13.3. The van der Waals surface area contributed by atoms with Crippen molar-refractivity contribution in [3.63, 3.8) is 0 Å². The average Bonchev–Trinajstić information content (AvgIpc) is 2.90. The van der Waals surface area contributed by atoms with Gasteiger partial charge in [0, 0.05) is 18.4 Å². The van der Waals surface area contributed by atoms with Crippen molar-refractivity contribution in [2.75, 3.05) is 0 Å². The molecule has 1 aromatic carbocycles. The Hall–Kier alpha value is -1.96. The summed E-state index contributed by atoms with van der Waals surface area (Å²) in [4.78, 5) is 0. The van der Waals surface area contributed by atoms with E-state index in [4.69, 9.17) is 5.26 Å². The molecule has 0 radical (unpaired) electrons. The number of aryl methyl sites for hydroxylation is 3. The van der Waals surface area contributed by atoms with Gasteiger partial charge in [-0.3, -0.25) is 0 Å². The number of benzene rings is 1. The summed E-state index contributed by atoms with van der Waals surface area (Å²) >= 11 is 0. The number of rotatable bonds is 2. The molecule has 0 aliphatic carbocycles. The summed E-state index contributed by atoms with van der Waals surface area (Å²) in [6.07, 6.45) is -3.47. The van der Waals surface area contributed by atoms with Gasteiger partial charge in [0.25, 0.3) is 0 Å². The predicted molar refractivity (Wildman–Crippen MR) is 64.6 cm³/mol. The molecule has 0 saturated heterocycles. The zero-order valence-electron chi connectivity index (χ0n) is 10.1. The molecule has 2 heterocycles. The molecule has 1 aliphatic heterocycles. The largest absolute Gasteiger partial charge is 0.431 e. The van der Waals surface area contributed by atoms with Gasteiger partial charge in [-0.05, 0) is 24.0 Å². The van der Waals surface area contributed by atoms with Gasteiger partial charge in [0.15, 0.2) is 0 Å². The SMILES string of the molecule is N#CCCc1c(C(F)(F)F)n2c3c(cccc13)CC2. The summed E-state index contributed by atoms with van der Waals surface area (Å²) in [5.41, 5.74) is 1.36. The van der Waals surface area contributed by atoms with Gasteiger partial charge in [0.1, 0.15) is 5.69 Å². The Balaban J connectivity index is 2.33. The summed E-state index contributed by atoms with van der Waals surface area (Å²) in [5.74, 6) is 0. The molecule has 0 atom stereocenters. The molecule has 2 nitrogen and oxygen atoms in total. The number of aromatic nitrogens is 1. The average molecular weight is 264 g/mol. The molecular formula is C14H11F3N2. The van der Waals surface area contributed by atoms with E-state index in [2.05, 4.69) is 0 Å². The summed E-state index contributed by atoms with van der Waals surface area (Å²) in [6.45, 7) is 0.372. The Morgan fingerprint density at radius 3 is 2.79 bits per heavy atom. The second-order valence-corrected chi connectivity index (χ2v) is 4.70. The van der Waals surface area contributed by atoms with Crippen LogP contribution in [0.5, 0.6) is 0 Å². The highest BCUT2D eigenvalue weighted by molar-refractivity contribution is 5.89. The lowest BCUT2D eigenvalue weighted by molar-refractivity contribution is -0.143. The van der Waals surface area contributed by atoms with Crippen LogP contribution < -0.4 is 0 Å². The zero-order chi connectivity index (χ0) is 13.6. The molecule has 0 saturated carbocycles. The van der Waals surface area contributed by atoms with Crippen molar-refractivity contribution >= 4 is 10.9 Å². The summed E-state index contributed by atoms with van der Waals surface area (Å²) < 4.78 is 41.2. The Kier molecular flexibility index (Phi) is 2.56. The number of para-hydroxylation sites is 1. The van der Waals surface area contributed by atoms with Crippen LogP contribution >= 0.6 is 0 Å². The third kappa shape index (κ3) is 1.71. The number of halogens is 3. The molecule has 5 heteroatoms. The van der Waals surface area contributed by atoms with E-state index in [1.807, 2.05) is 12.1 Å². The summed E-state index contributed by atoms with van der Waals surface area (Å²) in [5, 5.41) is 9.28. The van der Waals surface area contributed by atoms with E-state index in [0.717, 1.165) is 5.56 Å². The second kappa shape index (κ2) is 4.02. The highest BCUT2D eigenvalue weighted by Gasteiger charge is 2.40. The fraction of sp³-hybridized carbons (Fsp3) is 0.357. The first-order chi connectivity index (χ1) is 9.04. The zero-order valence-corrected chi connectivity index (χ0v) is 10.1. The van der Waals surface area contributed by atoms with Crippen LogP contribution in [-0.2, 0) is 25.6 Å². The molecule has 3 rings (SSSR count). The van der Waals surface area contributed by atoms with Gasteiger partial charge >= 0.3 is 6.18 Å². The van der Waals surface area contributed by atoms with E-state index in [1.165, 1.54) is 4.57 Å². The normalized spacial score (nSPS) is 14.0. The van der Waals surface area contributed by atoms with Crippen LogP contribution in [-0.4, -0.2) is 4.57 Å². The fourth-order valence-corrected chi connectivity index (χ4v) is 2.97. The monoisotopic (exact) mass is 264 g/mol. The van der Waals surface area contributed by atoms with Crippen molar-refractivity contribution in [1.82, 2.24) is 4.57 Å². The molecule has 0 spiro atoms. The van der Waals surface area contributed by atoms with Crippen molar-refractivity contribution in [3.8, 4) is 6.07 Å². The van der Waals surface area contributed by atoms with Crippen LogP contribution in [0.1, 0.15) is 23.2 Å². The lowest BCUT2D eigenvalue weighted by Gasteiger charge is -2.12. The Bertz CT molecular complexity index is 689. The molecule has 0 amide bonds. The molecular weight excluding hydrogens is 253 g/mol. The molecule has 98 valence electrons. The quantitative estimate of drug-likeness (QED) is 0.813. The minimum Gasteiger partial charge on any atom is -0.336 e. The van der Waals surface area contributed by atoms with E-state index < -0.39 is 11.9 Å². The second-order valence-electron chi connectivity index (χ2n) is 4.70. The smallest absolute Gasteiger partial charge is 0.336 e. The van der Waals surface area contributed by atoms with Gasteiger partial charge in [-0.2, -0.15) is 18.4 Å². The van der Waals surface area contributed by atoms with Crippen LogP contribution in [0.25, 0.3) is 10.9 Å². The molecule has 1 aliphatic rings. The molecule has 0 N–H and O–H groups in total. The van der Waals surface area contributed by atoms with Gasteiger partial charge in [-0.1, -0.05) is 18.2 Å². The van der Waals surface area contributed by atoms with Crippen molar-refractivity contribution in [2.24, 2.45) is 0 Å². The van der Waals surface area contributed by atoms with Gasteiger partial charge in [-0.25, -0.2) is 0 Å². The van der Waals surface area contributed by atoms with Crippen LogP contribution in [0.4, 0.5) is 13.2 Å². The molecule has 2 aromatic rings. The number of hydrogen-bond donors (Lipinski definition) is 0. The van der Waals surface area contributed by atoms with Crippen molar-refractivity contribution in [1.29, 1.82) is 5.26 Å². The summed E-state index contributed by atoms with van der Waals surface area (Å²) in [7, 11) is 0. The first-order valence-corrected chi connectivity index (χ1v) is 6.11. The predicted octanol–water partition coefficient (Wildman–Crippen LogP) is 3.67. The molecule has 0 bridgehead atoms. The maximum atomic E-state index is 13.3. The van der Waals surface area contributed by atoms with E-state index in [9.17, 15) is 13.2 Å². The maximum Gasteiger partial charge on any atom is 0.431 e. The van der Waals surface area contributed by atoms with Crippen LogP contribution in [0, 0.1) is 11.3 Å². The molecule has 19 heavy (non-hydrogen) atoms. The van der Waals surface area contributed by atoms with Crippen LogP contribution in [0.2, 0.25) is 0 Å². The van der Waals surface area contributed by atoms with Crippen molar-refractivity contribution < 1.29 is 13.2 Å². The Morgan fingerprint density at radius 1 is 1.32 bits per heavy atom. The topological polar surface area (TPSA) is 28.7 Å². The fourth-order valence-electron chi connectivity index (χ4n) is 2.97. The lowest BCUT2D eigenvalue weighted by Crippen LogP contribution is -2.15. The number of hydrogen-bond acceptors (Lipinski definition) is 1. The van der Waals surface area contributed by atoms with Crippen LogP contribution in [0.15, 0.2) is 18.2 Å².